The van der Waals surface area contributed by atoms with Crippen LogP contribution in [0.3, 0.4) is 0 Å². The molecular formula is C20H15FN2O2. The van der Waals surface area contributed by atoms with Crippen LogP contribution in [0.25, 0.3) is 17.0 Å². The summed E-state index contributed by atoms with van der Waals surface area (Å²) in [7, 11) is 0. The number of rotatable bonds is 3. The lowest BCUT2D eigenvalue weighted by Gasteiger charge is -2.05. The average Bonchev–Trinajstić information content (AvgIpc) is 3.10. The van der Waals surface area contributed by atoms with Crippen LogP contribution in [0, 0.1) is 5.82 Å². The van der Waals surface area contributed by atoms with Crippen molar-refractivity contribution in [3.63, 3.8) is 0 Å². The SMILES string of the molecule is CC1=N/C(=C/c2cn(Cc3ccc(F)cc3)c3ccccc23)C(=O)O1. The second-order valence-electron chi connectivity index (χ2n) is 5.91. The van der Waals surface area contributed by atoms with E-state index in [1.807, 2.05) is 30.5 Å². The molecule has 0 saturated heterocycles. The van der Waals surface area contributed by atoms with E-state index in [9.17, 15) is 9.18 Å². The molecule has 0 N–H and O–H groups in total. The van der Waals surface area contributed by atoms with Gasteiger partial charge in [0.15, 0.2) is 11.6 Å². The minimum atomic E-state index is -0.437. The van der Waals surface area contributed by atoms with Crippen molar-refractivity contribution in [3.05, 3.63) is 77.4 Å². The number of fused-ring (bicyclic) bond motifs is 1. The third-order valence-electron chi connectivity index (χ3n) is 4.11. The lowest BCUT2D eigenvalue weighted by molar-refractivity contribution is -0.130. The highest BCUT2D eigenvalue weighted by molar-refractivity contribution is 6.07. The second kappa shape index (κ2) is 6.02. The molecule has 3 aromatic rings. The van der Waals surface area contributed by atoms with E-state index in [2.05, 4.69) is 9.56 Å². The molecule has 0 atom stereocenters. The van der Waals surface area contributed by atoms with Gasteiger partial charge in [-0.1, -0.05) is 30.3 Å². The largest absolute Gasteiger partial charge is 0.407 e. The lowest BCUT2D eigenvalue weighted by Crippen LogP contribution is -1.99. The van der Waals surface area contributed by atoms with Crippen LogP contribution in [0.5, 0.6) is 0 Å². The Bertz CT molecular complexity index is 1030. The van der Waals surface area contributed by atoms with E-state index in [1.54, 1.807) is 25.1 Å². The van der Waals surface area contributed by atoms with E-state index in [1.165, 1.54) is 12.1 Å². The number of para-hydroxylation sites is 1. The fourth-order valence-corrected chi connectivity index (χ4v) is 2.97. The topological polar surface area (TPSA) is 43.6 Å². The summed E-state index contributed by atoms with van der Waals surface area (Å²) in [5, 5.41) is 1.02. The minimum absolute atomic E-state index is 0.250. The van der Waals surface area contributed by atoms with Crippen LogP contribution in [0.1, 0.15) is 18.1 Å². The zero-order chi connectivity index (χ0) is 17.4. The van der Waals surface area contributed by atoms with Gasteiger partial charge >= 0.3 is 5.97 Å². The molecule has 0 radical (unpaired) electrons. The molecule has 1 aliphatic rings. The second-order valence-corrected chi connectivity index (χ2v) is 5.91. The first kappa shape index (κ1) is 15.3. The number of carbonyl (C=O) groups excluding carboxylic acids is 1. The Morgan fingerprint density at radius 1 is 1.16 bits per heavy atom. The van der Waals surface area contributed by atoms with Gasteiger partial charge in [0.1, 0.15) is 5.82 Å². The van der Waals surface area contributed by atoms with Crippen LogP contribution < -0.4 is 0 Å². The molecule has 2 aromatic carbocycles. The molecule has 0 spiro atoms. The molecule has 4 nitrogen and oxygen atoms in total. The number of hydrogen-bond acceptors (Lipinski definition) is 3. The fraction of sp³-hybridized carbons (Fsp3) is 0.100. The molecule has 5 heteroatoms. The number of hydrogen-bond donors (Lipinski definition) is 0. The standard InChI is InChI=1S/C20H15FN2O2/c1-13-22-18(20(24)25-13)10-15-12-23(19-5-3-2-4-17(15)19)11-14-6-8-16(21)9-7-14/h2-10,12H,11H2,1H3/b18-10+. The summed E-state index contributed by atoms with van der Waals surface area (Å²) in [4.78, 5) is 15.9. The van der Waals surface area contributed by atoms with Gasteiger partial charge in [-0.3, -0.25) is 0 Å². The zero-order valence-electron chi connectivity index (χ0n) is 13.6. The lowest BCUT2D eigenvalue weighted by atomic mass is 10.1. The van der Waals surface area contributed by atoms with Crippen molar-refractivity contribution in [3.8, 4) is 0 Å². The molecule has 0 bridgehead atoms. The maximum absolute atomic E-state index is 13.1. The summed E-state index contributed by atoms with van der Waals surface area (Å²) in [5.74, 6) is -0.335. The van der Waals surface area contributed by atoms with Crippen LogP contribution in [-0.2, 0) is 16.1 Å². The van der Waals surface area contributed by atoms with Crippen molar-refractivity contribution in [1.82, 2.24) is 4.57 Å². The van der Waals surface area contributed by atoms with Gasteiger partial charge in [-0.05, 0) is 29.8 Å². The number of nitrogens with zero attached hydrogens (tertiary/aromatic N) is 2. The van der Waals surface area contributed by atoms with Gasteiger partial charge in [0.25, 0.3) is 0 Å². The molecule has 124 valence electrons. The summed E-state index contributed by atoms with van der Waals surface area (Å²) >= 11 is 0. The first-order valence-corrected chi connectivity index (χ1v) is 7.91. The number of aliphatic imine (C=N–C) groups is 1. The van der Waals surface area contributed by atoms with Crippen LogP contribution in [0.4, 0.5) is 4.39 Å². The molecule has 2 heterocycles. The molecule has 0 amide bonds. The fourth-order valence-electron chi connectivity index (χ4n) is 2.97. The van der Waals surface area contributed by atoms with Crippen LogP contribution in [0.2, 0.25) is 0 Å². The van der Waals surface area contributed by atoms with Crippen LogP contribution in [0.15, 0.2) is 65.4 Å². The van der Waals surface area contributed by atoms with Gasteiger partial charge in [0.2, 0.25) is 0 Å². The van der Waals surface area contributed by atoms with Gasteiger partial charge in [-0.15, -0.1) is 0 Å². The molecule has 0 fully saturated rings. The van der Waals surface area contributed by atoms with E-state index >= 15 is 0 Å². The first-order valence-electron chi connectivity index (χ1n) is 7.91. The number of esters is 1. The predicted molar refractivity (Wildman–Crippen MR) is 94.6 cm³/mol. The Kier molecular flexibility index (Phi) is 3.69. The van der Waals surface area contributed by atoms with E-state index < -0.39 is 5.97 Å². The Labute approximate surface area is 143 Å². The monoisotopic (exact) mass is 334 g/mol. The summed E-state index contributed by atoms with van der Waals surface area (Å²) in [6, 6.07) is 14.4. The maximum atomic E-state index is 13.1. The third kappa shape index (κ3) is 2.96. The number of cyclic esters (lactones) is 1. The first-order chi connectivity index (χ1) is 12.1. The van der Waals surface area contributed by atoms with Gasteiger partial charge in [0, 0.05) is 36.1 Å². The molecule has 0 unspecified atom stereocenters. The van der Waals surface area contributed by atoms with E-state index in [4.69, 9.17) is 4.74 Å². The van der Waals surface area contributed by atoms with Gasteiger partial charge in [-0.2, -0.15) is 0 Å². The molecule has 0 aliphatic carbocycles. The number of ether oxygens (including phenoxy) is 1. The third-order valence-corrected chi connectivity index (χ3v) is 4.11. The Morgan fingerprint density at radius 3 is 2.64 bits per heavy atom. The Hall–Kier alpha value is -3.21. The number of halogens is 1. The minimum Gasteiger partial charge on any atom is -0.407 e. The molecule has 4 rings (SSSR count). The normalized spacial score (nSPS) is 15.7. The van der Waals surface area contributed by atoms with Crippen molar-refractivity contribution in [2.24, 2.45) is 4.99 Å². The molecule has 25 heavy (non-hydrogen) atoms. The van der Waals surface area contributed by atoms with Gasteiger partial charge in [0.05, 0.1) is 0 Å². The summed E-state index contributed by atoms with van der Waals surface area (Å²) in [6.45, 7) is 2.26. The maximum Gasteiger partial charge on any atom is 0.363 e. The molecule has 0 saturated carbocycles. The smallest absolute Gasteiger partial charge is 0.363 e. The van der Waals surface area contributed by atoms with Crippen molar-refractivity contribution in [2.45, 2.75) is 13.5 Å². The highest BCUT2D eigenvalue weighted by atomic mass is 19.1. The highest BCUT2D eigenvalue weighted by Gasteiger charge is 2.20. The Balaban J connectivity index is 1.78. The quantitative estimate of drug-likeness (QED) is 0.533. The van der Waals surface area contributed by atoms with Crippen molar-refractivity contribution in [2.75, 3.05) is 0 Å². The van der Waals surface area contributed by atoms with Gasteiger partial charge < -0.3 is 9.30 Å². The van der Waals surface area contributed by atoms with Crippen molar-refractivity contribution < 1.29 is 13.9 Å². The van der Waals surface area contributed by atoms with Crippen molar-refractivity contribution in [1.29, 1.82) is 0 Å². The Morgan fingerprint density at radius 2 is 1.92 bits per heavy atom. The van der Waals surface area contributed by atoms with Crippen LogP contribution in [-0.4, -0.2) is 16.4 Å². The van der Waals surface area contributed by atoms with Crippen molar-refractivity contribution >= 4 is 28.8 Å². The van der Waals surface area contributed by atoms with E-state index in [0.717, 1.165) is 22.0 Å². The average molecular weight is 334 g/mol. The highest BCUT2D eigenvalue weighted by Crippen LogP contribution is 2.26. The summed E-state index contributed by atoms with van der Waals surface area (Å²) < 4.78 is 20.2. The molecular weight excluding hydrogens is 319 g/mol. The number of aromatic nitrogens is 1. The van der Waals surface area contributed by atoms with E-state index in [-0.39, 0.29) is 5.82 Å². The molecule has 1 aliphatic heterocycles. The zero-order valence-corrected chi connectivity index (χ0v) is 13.6. The number of benzene rings is 2. The van der Waals surface area contributed by atoms with Crippen LogP contribution >= 0.6 is 0 Å². The summed E-state index contributed by atoms with van der Waals surface area (Å²) in [6.07, 6.45) is 3.71. The predicted octanol–water partition coefficient (Wildman–Crippen LogP) is 4.14. The molecule has 1 aromatic heterocycles. The summed E-state index contributed by atoms with van der Waals surface area (Å²) in [5.41, 5.74) is 3.21. The number of carbonyl (C=O) groups is 1. The van der Waals surface area contributed by atoms with Gasteiger partial charge in [-0.25, -0.2) is 14.2 Å². The van der Waals surface area contributed by atoms with E-state index in [0.29, 0.717) is 18.1 Å².